The molecule has 0 atom stereocenters. The number of aliphatic imine (C=N–C) groups is 1. The summed E-state index contributed by atoms with van der Waals surface area (Å²) in [7, 11) is 0. The summed E-state index contributed by atoms with van der Waals surface area (Å²) in [6, 6.07) is 5.40. The van der Waals surface area contributed by atoms with Crippen molar-refractivity contribution in [3.63, 3.8) is 0 Å². The lowest BCUT2D eigenvalue weighted by atomic mass is 9.72. The lowest BCUT2D eigenvalue weighted by Gasteiger charge is -2.38. The molecule has 0 spiro atoms. The molecule has 0 heterocycles. The van der Waals surface area contributed by atoms with Crippen LogP contribution < -0.4 is 0 Å². The molecule has 0 aliphatic heterocycles. The van der Waals surface area contributed by atoms with Crippen LogP contribution in [-0.2, 0) is 10.3 Å². The molecule has 1 aromatic rings. The highest BCUT2D eigenvalue weighted by atomic mass is 32.2. The second-order valence-electron chi connectivity index (χ2n) is 3.94. The largest absolute Gasteiger partial charge is 0.508 e. The maximum atomic E-state index is 10.5. The number of aromatic hydroxyl groups is 1. The summed E-state index contributed by atoms with van der Waals surface area (Å²) in [5.41, 5.74) is 0.267. The molecule has 1 N–H and O–H groups in total. The Bertz CT molecular complexity index is 448. The average molecular weight is 235 g/mol. The van der Waals surface area contributed by atoms with E-state index in [0.717, 1.165) is 29.7 Å². The van der Waals surface area contributed by atoms with Gasteiger partial charge in [-0.05, 0) is 37.7 Å². The molecule has 0 unspecified atom stereocenters. The van der Waals surface area contributed by atoms with Crippen LogP contribution in [0, 0.1) is 0 Å². The Balaban J connectivity index is 2.57. The number of rotatable bonds is 3. The fraction of sp³-hybridized carbons (Fsp3) is 0.417. The van der Waals surface area contributed by atoms with E-state index in [1.54, 1.807) is 23.9 Å². The maximum Gasteiger partial charge on any atom is 0.235 e. The monoisotopic (exact) mass is 235 g/mol. The Hall–Kier alpha value is -1.25. The predicted molar refractivity (Wildman–Crippen MR) is 63.5 cm³/mol. The molecular weight excluding hydrogens is 222 g/mol. The lowest BCUT2D eigenvalue weighted by Crippen LogP contribution is -2.32. The third-order valence-electron chi connectivity index (χ3n) is 3.13. The third-order valence-corrected chi connectivity index (χ3v) is 3.91. The summed E-state index contributed by atoms with van der Waals surface area (Å²) >= 11 is 1.56. The van der Waals surface area contributed by atoms with Crippen molar-refractivity contribution in [2.45, 2.75) is 29.7 Å². The van der Waals surface area contributed by atoms with E-state index in [4.69, 9.17) is 0 Å². The predicted octanol–water partition coefficient (Wildman–Crippen LogP) is 2.83. The number of benzene rings is 1. The van der Waals surface area contributed by atoms with Gasteiger partial charge < -0.3 is 5.11 Å². The second kappa shape index (κ2) is 4.32. The zero-order valence-electron chi connectivity index (χ0n) is 9.06. The van der Waals surface area contributed by atoms with Crippen LogP contribution in [0.3, 0.4) is 0 Å². The summed E-state index contributed by atoms with van der Waals surface area (Å²) in [4.78, 5) is 15.4. The fourth-order valence-corrected chi connectivity index (χ4v) is 2.89. The van der Waals surface area contributed by atoms with Crippen molar-refractivity contribution in [1.29, 1.82) is 0 Å². The molecule has 0 radical (unpaired) electrons. The van der Waals surface area contributed by atoms with Gasteiger partial charge in [-0.1, -0.05) is 6.07 Å². The van der Waals surface area contributed by atoms with Crippen molar-refractivity contribution in [2.75, 3.05) is 6.26 Å². The van der Waals surface area contributed by atoms with Gasteiger partial charge in [0.1, 0.15) is 11.3 Å². The van der Waals surface area contributed by atoms with Gasteiger partial charge in [0, 0.05) is 10.5 Å². The first kappa shape index (κ1) is 11.2. The van der Waals surface area contributed by atoms with Crippen molar-refractivity contribution in [3.05, 3.63) is 23.8 Å². The number of carbonyl (C=O) groups excluding carboxylic acids is 1. The maximum absolute atomic E-state index is 10.5. The number of hydrogen-bond donors (Lipinski definition) is 1. The quantitative estimate of drug-likeness (QED) is 0.498. The Labute approximate surface area is 98.6 Å². The summed E-state index contributed by atoms with van der Waals surface area (Å²) in [6.45, 7) is 0. The number of nitrogens with zero attached hydrogens (tertiary/aromatic N) is 1. The highest BCUT2D eigenvalue weighted by Crippen LogP contribution is 2.50. The Morgan fingerprint density at radius 2 is 2.25 bits per heavy atom. The van der Waals surface area contributed by atoms with Gasteiger partial charge in [0.15, 0.2) is 0 Å². The number of isocyanates is 1. The summed E-state index contributed by atoms with van der Waals surface area (Å²) < 4.78 is 0. The zero-order valence-corrected chi connectivity index (χ0v) is 9.88. The van der Waals surface area contributed by atoms with E-state index >= 15 is 0 Å². The molecule has 0 amide bonds. The average Bonchev–Trinajstić information content (AvgIpc) is 2.24. The number of phenols is 1. The van der Waals surface area contributed by atoms with Crippen LogP contribution >= 0.6 is 11.8 Å². The van der Waals surface area contributed by atoms with Crippen LogP contribution in [-0.4, -0.2) is 17.4 Å². The minimum absolute atomic E-state index is 0.227. The van der Waals surface area contributed by atoms with Gasteiger partial charge in [-0.3, -0.25) is 0 Å². The summed E-state index contributed by atoms with van der Waals surface area (Å²) in [5, 5.41) is 9.95. The molecule has 4 heteroatoms. The van der Waals surface area contributed by atoms with Gasteiger partial charge >= 0.3 is 0 Å². The molecular formula is C12H13NO2S. The molecule has 1 aliphatic carbocycles. The first-order valence-electron chi connectivity index (χ1n) is 5.19. The molecule has 0 aromatic heterocycles. The van der Waals surface area contributed by atoms with Crippen LogP contribution in [0.2, 0.25) is 0 Å². The van der Waals surface area contributed by atoms with Crippen LogP contribution in [0.15, 0.2) is 28.1 Å². The number of hydrogen-bond acceptors (Lipinski definition) is 4. The van der Waals surface area contributed by atoms with E-state index in [9.17, 15) is 9.90 Å². The molecule has 1 saturated carbocycles. The van der Waals surface area contributed by atoms with Crippen LogP contribution in [0.4, 0.5) is 0 Å². The van der Waals surface area contributed by atoms with Gasteiger partial charge in [0.05, 0.1) is 0 Å². The fourth-order valence-electron chi connectivity index (χ4n) is 2.17. The topological polar surface area (TPSA) is 49.7 Å². The van der Waals surface area contributed by atoms with Crippen molar-refractivity contribution in [3.8, 4) is 5.75 Å². The Morgan fingerprint density at radius 3 is 2.75 bits per heavy atom. The zero-order chi connectivity index (χ0) is 11.6. The van der Waals surface area contributed by atoms with Gasteiger partial charge in [0.25, 0.3) is 0 Å². The van der Waals surface area contributed by atoms with Gasteiger partial charge in [0.2, 0.25) is 6.08 Å². The highest BCUT2D eigenvalue weighted by molar-refractivity contribution is 7.98. The smallest absolute Gasteiger partial charge is 0.235 e. The first-order valence-corrected chi connectivity index (χ1v) is 6.41. The standard InChI is InChI=1S/C12H13NO2S/c1-16-10-5-2-4-9(15)11(10)12(13-8-14)6-3-7-12/h2,4-5,15H,3,6-7H2,1H3. The third kappa shape index (κ3) is 1.64. The van der Waals surface area contributed by atoms with E-state index in [1.807, 2.05) is 18.4 Å². The van der Waals surface area contributed by atoms with Gasteiger partial charge in [-0.15, -0.1) is 11.8 Å². The van der Waals surface area contributed by atoms with E-state index in [2.05, 4.69) is 4.99 Å². The molecule has 2 rings (SSSR count). The lowest BCUT2D eigenvalue weighted by molar-refractivity contribution is 0.243. The molecule has 1 aromatic carbocycles. The van der Waals surface area contributed by atoms with E-state index < -0.39 is 5.54 Å². The van der Waals surface area contributed by atoms with E-state index in [1.165, 1.54) is 0 Å². The molecule has 0 bridgehead atoms. The van der Waals surface area contributed by atoms with Crippen molar-refractivity contribution >= 4 is 17.8 Å². The normalized spacial score (nSPS) is 17.3. The minimum atomic E-state index is -0.522. The summed E-state index contributed by atoms with van der Waals surface area (Å²) in [5.74, 6) is 0.227. The van der Waals surface area contributed by atoms with Crippen LogP contribution in [0.1, 0.15) is 24.8 Å². The summed E-state index contributed by atoms with van der Waals surface area (Å²) in [6.07, 6.45) is 6.26. The number of thioether (sulfide) groups is 1. The first-order chi connectivity index (χ1) is 7.73. The molecule has 1 aliphatic rings. The second-order valence-corrected chi connectivity index (χ2v) is 4.79. The van der Waals surface area contributed by atoms with Gasteiger partial charge in [-0.2, -0.15) is 4.99 Å². The molecule has 3 nitrogen and oxygen atoms in total. The Kier molecular flexibility index (Phi) is 3.03. The van der Waals surface area contributed by atoms with Crippen molar-refractivity contribution in [2.24, 2.45) is 4.99 Å². The molecule has 0 saturated heterocycles. The molecule has 1 fully saturated rings. The van der Waals surface area contributed by atoms with Gasteiger partial charge in [-0.25, -0.2) is 4.79 Å². The minimum Gasteiger partial charge on any atom is -0.508 e. The molecule has 16 heavy (non-hydrogen) atoms. The highest BCUT2D eigenvalue weighted by Gasteiger charge is 2.42. The van der Waals surface area contributed by atoms with Crippen molar-refractivity contribution < 1.29 is 9.90 Å². The van der Waals surface area contributed by atoms with Crippen LogP contribution in [0.25, 0.3) is 0 Å². The van der Waals surface area contributed by atoms with Crippen LogP contribution in [0.5, 0.6) is 5.75 Å². The molecule has 84 valence electrons. The number of phenolic OH excluding ortho intramolecular Hbond substituents is 1. The van der Waals surface area contributed by atoms with Crippen molar-refractivity contribution in [1.82, 2.24) is 0 Å². The SMILES string of the molecule is CSc1cccc(O)c1C1(N=C=O)CCC1. The Morgan fingerprint density at radius 1 is 1.50 bits per heavy atom. The van der Waals surface area contributed by atoms with E-state index in [-0.39, 0.29) is 5.75 Å². The van der Waals surface area contributed by atoms with E-state index in [0.29, 0.717) is 0 Å².